The molecule has 0 heterocycles. The van der Waals surface area contributed by atoms with Gasteiger partial charge in [0.05, 0.1) is 0 Å². The van der Waals surface area contributed by atoms with Crippen molar-refractivity contribution >= 4 is 0 Å². The highest BCUT2D eigenvalue weighted by molar-refractivity contribution is 5.30. The van der Waals surface area contributed by atoms with Gasteiger partial charge in [-0.3, -0.25) is 0 Å². The number of hydrogen-bond acceptors (Lipinski definition) is 1. The number of likely N-dealkylation sites (N-methyl/N-ethyl adjacent to an activating group) is 1. The normalized spacial score (nSPS) is 27.2. The number of benzene rings is 1. The van der Waals surface area contributed by atoms with Crippen LogP contribution in [-0.4, -0.2) is 13.1 Å². The molecule has 2 unspecified atom stereocenters. The van der Waals surface area contributed by atoms with Gasteiger partial charge in [-0.05, 0) is 26.0 Å². The van der Waals surface area contributed by atoms with Crippen molar-refractivity contribution in [2.24, 2.45) is 0 Å². The minimum Gasteiger partial charge on any atom is -0.316 e. The summed E-state index contributed by atoms with van der Waals surface area (Å²) < 4.78 is 0. The molecular weight excluding hydrogens is 146 g/mol. The first kappa shape index (κ1) is 7.81. The number of nitrogens with one attached hydrogen (secondary N) is 1. The lowest BCUT2D eigenvalue weighted by Gasteiger charge is -1.99. The average molecular weight is 161 g/mol. The Morgan fingerprint density at radius 1 is 1.25 bits per heavy atom. The molecule has 1 aromatic rings. The van der Waals surface area contributed by atoms with Crippen molar-refractivity contribution in [3.8, 4) is 0 Å². The summed E-state index contributed by atoms with van der Waals surface area (Å²) >= 11 is 0. The third-order valence-corrected chi connectivity index (χ3v) is 2.67. The van der Waals surface area contributed by atoms with Crippen LogP contribution in [0, 0.1) is 6.92 Å². The van der Waals surface area contributed by atoms with Crippen molar-refractivity contribution in [2.75, 3.05) is 7.05 Å². The Morgan fingerprint density at radius 3 is 2.42 bits per heavy atom. The third-order valence-electron chi connectivity index (χ3n) is 2.67. The van der Waals surface area contributed by atoms with Gasteiger partial charge in [0.15, 0.2) is 0 Å². The van der Waals surface area contributed by atoms with E-state index in [4.69, 9.17) is 0 Å². The fourth-order valence-corrected chi connectivity index (χ4v) is 1.70. The van der Waals surface area contributed by atoms with Crippen LogP contribution in [0.5, 0.6) is 0 Å². The Hall–Kier alpha value is -0.820. The van der Waals surface area contributed by atoms with E-state index in [-0.39, 0.29) is 0 Å². The quantitative estimate of drug-likeness (QED) is 0.700. The SMILES string of the molecule is CNC1CC1c1ccc(C)cc1. The number of aryl methyl sites for hydroxylation is 1. The van der Waals surface area contributed by atoms with E-state index in [0.29, 0.717) is 0 Å². The number of hydrogen-bond donors (Lipinski definition) is 1. The van der Waals surface area contributed by atoms with Crippen LogP contribution in [0.3, 0.4) is 0 Å². The lowest BCUT2D eigenvalue weighted by Crippen LogP contribution is -2.10. The lowest BCUT2D eigenvalue weighted by molar-refractivity contribution is 0.783. The zero-order valence-electron chi connectivity index (χ0n) is 7.67. The van der Waals surface area contributed by atoms with Crippen molar-refractivity contribution in [3.05, 3.63) is 35.4 Å². The van der Waals surface area contributed by atoms with Gasteiger partial charge in [-0.1, -0.05) is 29.8 Å². The minimum absolute atomic E-state index is 0.729. The predicted molar refractivity (Wildman–Crippen MR) is 51.4 cm³/mol. The van der Waals surface area contributed by atoms with Gasteiger partial charge in [0.1, 0.15) is 0 Å². The summed E-state index contributed by atoms with van der Waals surface area (Å²) in [5.74, 6) is 0.774. The fraction of sp³-hybridized carbons (Fsp3) is 0.455. The van der Waals surface area contributed by atoms with E-state index in [0.717, 1.165) is 12.0 Å². The fourth-order valence-electron chi connectivity index (χ4n) is 1.70. The van der Waals surface area contributed by atoms with Gasteiger partial charge >= 0.3 is 0 Å². The van der Waals surface area contributed by atoms with E-state index in [1.54, 1.807) is 0 Å². The molecule has 0 saturated heterocycles. The maximum Gasteiger partial charge on any atom is 0.0140 e. The molecule has 0 bridgehead atoms. The summed E-state index contributed by atoms with van der Waals surface area (Å²) in [5.41, 5.74) is 2.83. The smallest absolute Gasteiger partial charge is 0.0140 e. The molecule has 1 fully saturated rings. The highest BCUT2D eigenvalue weighted by Crippen LogP contribution is 2.40. The molecule has 1 nitrogen and oxygen atoms in total. The van der Waals surface area contributed by atoms with Gasteiger partial charge in [-0.15, -0.1) is 0 Å². The molecular formula is C11H15N. The second kappa shape index (κ2) is 2.91. The van der Waals surface area contributed by atoms with E-state index in [1.807, 2.05) is 7.05 Å². The van der Waals surface area contributed by atoms with Crippen molar-refractivity contribution in [1.82, 2.24) is 5.32 Å². The molecule has 12 heavy (non-hydrogen) atoms. The van der Waals surface area contributed by atoms with E-state index >= 15 is 0 Å². The molecule has 1 aliphatic rings. The second-order valence-electron chi connectivity index (χ2n) is 3.65. The monoisotopic (exact) mass is 161 g/mol. The minimum atomic E-state index is 0.729. The van der Waals surface area contributed by atoms with Crippen molar-refractivity contribution < 1.29 is 0 Å². The molecule has 1 N–H and O–H groups in total. The number of rotatable bonds is 2. The van der Waals surface area contributed by atoms with Gasteiger partial charge < -0.3 is 5.32 Å². The highest BCUT2D eigenvalue weighted by atomic mass is 14.9. The zero-order chi connectivity index (χ0) is 8.55. The second-order valence-corrected chi connectivity index (χ2v) is 3.65. The maximum atomic E-state index is 3.30. The summed E-state index contributed by atoms with van der Waals surface area (Å²) in [6.45, 7) is 2.13. The van der Waals surface area contributed by atoms with Crippen molar-refractivity contribution in [3.63, 3.8) is 0 Å². The van der Waals surface area contributed by atoms with Crippen LogP contribution in [0.15, 0.2) is 24.3 Å². The summed E-state index contributed by atoms with van der Waals surface area (Å²) in [6.07, 6.45) is 1.31. The summed E-state index contributed by atoms with van der Waals surface area (Å²) in [4.78, 5) is 0. The highest BCUT2D eigenvalue weighted by Gasteiger charge is 2.36. The zero-order valence-corrected chi connectivity index (χ0v) is 7.67. The van der Waals surface area contributed by atoms with Gasteiger partial charge in [0, 0.05) is 12.0 Å². The molecule has 1 saturated carbocycles. The molecule has 64 valence electrons. The van der Waals surface area contributed by atoms with Crippen LogP contribution in [-0.2, 0) is 0 Å². The van der Waals surface area contributed by atoms with Crippen LogP contribution in [0.2, 0.25) is 0 Å². The Labute approximate surface area is 73.8 Å². The molecule has 0 aliphatic heterocycles. The first-order valence-corrected chi connectivity index (χ1v) is 4.55. The van der Waals surface area contributed by atoms with Gasteiger partial charge in [-0.2, -0.15) is 0 Å². The van der Waals surface area contributed by atoms with Crippen LogP contribution in [0.4, 0.5) is 0 Å². The first-order valence-electron chi connectivity index (χ1n) is 4.55. The topological polar surface area (TPSA) is 12.0 Å². The molecule has 1 heteroatoms. The Kier molecular flexibility index (Phi) is 1.89. The summed E-state index contributed by atoms with van der Waals surface area (Å²) in [6, 6.07) is 9.61. The van der Waals surface area contributed by atoms with Crippen molar-refractivity contribution in [1.29, 1.82) is 0 Å². The Balaban J connectivity index is 2.10. The Morgan fingerprint density at radius 2 is 1.92 bits per heavy atom. The Bertz CT molecular complexity index is 263. The average Bonchev–Trinajstić information content (AvgIpc) is 2.85. The largest absolute Gasteiger partial charge is 0.316 e. The van der Waals surface area contributed by atoms with E-state index in [9.17, 15) is 0 Å². The molecule has 0 amide bonds. The van der Waals surface area contributed by atoms with E-state index < -0.39 is 0 Å². The summed E-state index contributed by atoms with van der Waals surface area (Å²) in [7, 11) is 2.04. The van der Waals surface area contributed by atoms with Gasteiger partial charge in [0.25, 0.3) is 0 Å². The van der Waals surface area contributed by atoms with Crippen LogP contribution in [0.1, 0.15) is 23.5 Å². The third kappa shape index (κ3) is 1.37. The van der Waals surface area contributed by atoms with Crippen LogP contribution >= 0.6 is 0 Å². The predicted octanol–water partition coefficient (Wildman–Crippen LogP) is 2.07. The molecule has 2 atom stereocenters. The van der Waals surface area contributed by atoms with Crippen LogP contribution < -0.4 is 5.32 Å². The van der Waals surface area contributed by atoms with Gasteiger partial charge in [0.2, 0.25) is 0 Å². The maximum absolute atomic E-state index is 3.30. The van der Waals surface area contributed by atoms with E-state index in [1.165, 1.54) is 17.5 Å². The van der Waals surface area contributed by atoms with Crippen LogP contribution in [0.25, 0.3) is 0 Å². The molecule has 0 aromatic heterocycles. The molecule has 0 radical (unpaired) electrons. The van der Waals surface area contributed by atoms with Gasteiger partial charge in [-0.25, -0.2) is 0 Å². The standard InChI is InChI=1S/C11H15N/c1-8-3-5-9(6-4-8)10-7-11(10)12-2/h3-6,10-12H,7H2,1-2H3. The summed E-state index contributed by atoms with van der Waals surface area (Å²) in [5, 5.41) is 3.30. The van der Waals surface area contributed by atoms with E-state index in [2.05, 4.69) is 36.5 Å². The van der Waals surface area contributed by atoms with Crippen molar-refractivity contribution in [2.45, 2.75) is 25.3 Å². The first-order chi connectivity index (χ1) is 5.81. The molecule has 0 spiro atoms. The molecule has 1 aliphatic carbocycles. The lowest BCUT2D eigenvalue weighted by atomic mass is 10.1. The molecule has 1 aromatic carbocycles. The molecule has 2 rings (SSSR count).